The Labute approximate surface area is 115 Å². The molecular weight excluding hydrogens is 241 g/mol. The van der Waals surface area contributed by atoms with Crippen LogP contribution in [0.15, 0.2) is 12.3 Å². The lowest BCUT2D eigenvalue weighted by molar-refractivity contribution is 0.548. The minimum Gasteiger partial charge on any atom is -0.345 e. The molecule has 0 atom stereocenters. The number of terminal acetylenes is 1. The molecule has 0 aliphatic heterocycles. The number of hydrogen-bond donors (Lipinski definition) is 1. The van der Waals surface area contributed by atoms with E-state index >= 15 is 0 Å². The van der Waals surface area contributed by atoms with Gasteiger partial charge in [-0.05, 0) is 25.5 Å². The molecule has 0 saturated heterocycles. The van der Waals surface area contributed by atoms with Crippen molar-refractivity contribution in [3.05, 3.63) is 23.6 Å². The van der Waals surface area contributed by atoms with E-state index in [1.807, 2.05) is 11.8 Å². The summed E-state index contributed by atoms with van der Waals surface area (Å²) in [6.45, 7) is 8.99. The lowest BCUT2D eigenvalue weighted by Crippen LogP contribution is -2.27. The van der Waals surface area contributed by atoms with Crippen LogP contribution in [0.4, 0.5) is 10.2 Å². The van der Waals surface area contributed by atoms with E-state index in [-0.39, 0.29) is 5.82 Å². The zero-order valence-electron chi connectivity index (χ0n) is 11.9. The van der Waals surface area contributed by atoms with Crippen LogP contribution in [0.2, 0.25) is 0 Å². The van der Waals surface area contributed by atoms with Crippen LogP contribution in [0.5, 0.6) is 0 Å². The predicted molar refractivity (Wildman–Crippen MR) is 77.5 cm³/mol. The topological polar surface area (TPSA) is 28.2 Å². The highest BCUT2D eigenvalue weighted by atomic mass is 19.1. The number of hydrogen-bond acceptors (Lipinski definition) is 3. The molecule has 0 aromatic carbocycles. The van der Waals surface area contributed by atoms with Gasteiger partial charge in [-0.15, -0.1) is 6.42 Å². The molecule has 0 unspecified atom stereocenters. The van der Waals surface area contributed by atoms with Crippen molar-refractivity contribution in [3.63, 3.8) is 0 Å². The van der Waals surface area contributed by atoms with E-state index in [0.29, 0.717) is 19.0 Å². The Hall–Kier alpha value is -1.60. The van der Waals surface area contributed by atoms with Crippen molar-refractivity contribution in [3.8, 4) is 12.3 Å². The molecule has 1 heterocycles. The van der Waals surface area contributed by atoms with Crippen molar-refractivity contribution < 1.29 is 4.39 Å². The van der Waals surface area contributed by atoms with E-state index in [1.165, 1.54) is 12.3 Å². The van der Waals surface area contributed by atoms with Gasteiger partial charge in [-0.25, -0.2) is 9.37 Å². The molecule has 1 aromatic heterocycles. The highest BCUT2D eigenvalue weighted by Crippen LogP contribution is 2.18. The fraction of sp³-hybridized carbons (Fsp3) is 0.533. The number of rotatable bonds is 7. The Balaban J connectivity index is 2.87. The number of aromatic nitrogens is 1. The molecule has 0 spiro atoms. The second kappa shape index (κ2) is 7.75. The molecule has 0 aliphatic carbocycles. The van der Waals surface area contributed by atoms with Crippen LogP contribution in [0.25, 0.3) is 0 Å². The van der Waals surface area contributed by atoms with E-state index in [1.54, 1.807) is 0 Å². The Morgan fingerprint density at radius 2 is 2.26 bits per heavy atom. The first-order chi connectivity index (χ1) is 9.08. The predicted octanol–water partition coefficient (Wildman–Crippen LogP) is 2.43. The third-order valence-electron chi connectivity index (χ3n) is 2.74. The van der Waals surface area contributed by atoms with Gasteiger partial charge in [0.25, 0.3) is 0 Å². The van der Waals surface area contributed by atoms with E-state index in [9.17, 15) is 4.39 Å². The molecule has 104 valence electrons. The van der Waals surface area contributed by atoms with Crippen LogP contribution in [0.1, 0.15) is 26.3 Å². The molecule has 1 N–H and O–H groups in total. The quantitative estimate of drug-likeness (QED) is 0.766. The van der Waals surface area contributed by atoms with Gasteiger partial charge in [0.15, 0.2) is 0 Å². The van der Waals surface area contributed by atoms with Crippen LogP contribution in [0.3, 0.4) is 0 Å². The fourth-order valence-corrected chi connectivity index (χ4v) is 1.83. The Morgan fingerprint density at radius 1 is 1.53 bits per heavy atom. The van der Waals surface area contributed by atoms with Gasteiger partial charge >= 0.3 is 0 Å². The average Bonchev–Trinajstić information content (AvgIpc) is 2.36. The molecule has 3 nitrogen and oxygen atoms in total. The van der Waals surface area contributed by atoms with Crippen molar-refractivity contribution in [2.75, 3.05) is 24.5 Å². The zero-order chi connectivity index (χ0) is 14.3. The van der Waals surface area contributed by atoms with Gasteiger partial charge in [-0.2, -0.15) is 0 Å². The van der Waals surface area contributed by atoms with Gasteiger partial charge in [0.05, 0.1) is 12.7 Å². The third kappa shape index (κ3) is 4.88. The molecule has 0 aliphatic rings. The summed E-state index contributed by atoms with van der Waals surface area (Å²) in [6.07, 6.45) is 6.59. The third-order valence-corrected chi connectivity index (χ3v) is 2.74. The van der Waals surface area contributed by atoms with Gasteiger partial charge in [-0.3, -0.25) is 0 Å². The smallest absolute Gasteiger partial charge is 0.141 e. The maximum Gasteiger partial charge on any atom is 0.141 e. The molecule has 1 aromatic rings. The summed E-state index contributed by atoms with van der Waals surface area (Å²) in [4.78, 5) is 6.15. The van der Waals surface area contributed by atoms with Crippen LogP contribution in [-0.2, 0) is 6.54 Å². The zero-order valence-corrected chi connectivity index (χ0v) is 11.9. The van der Waals surface area contributed by atoms with Crippen LogP contribution < -0.4 is 10.2 Å². The van der Waals surface area contributed by atoms with Gasteiger partial charge in [0.2, 0.25) is 0 Å². The van der Waals surface area contributed by atoms with Crippen LogP contribution in [-0.4, -0.2) is 24.6 Å². The first kappa shape index (κ1) is 15.5. The molecule has 19 heavy (non-hydrogen) atoms. The monoisotopic (exact) mass is 263 g/mol. The average molecular weight is 263 g/mol. The molecule has 0 amide bonds. The second-order valence-electron chi connectivity index (χ2n) is 4.88. The van der Waals surface area contributed by atoms with E-state index in [2.05, 4.69) is 30.1 Å². The number of nitrogens with zero attached hydrogens (tertiary/aromatic N) is 2. The minimum absolute atomic E-state index is 0.318. The van der Waals surface area contributed by atoms with Gasteiger partial charge < -0.3 is 10.2 Å². The summed E-state index contributed by atoms with van der Waals surface area (Å²) in [5, 5.41) is 3.30. The summed E-state index contributed by atoms with van der Waals surface area (Å²) in [7, 11) is 0. The van der Waals surface area contributed by atoms with E-state index in [4.69, 9.17) is 6.42 Å². The Morgan fingerprint density at radius 3 is 2.84 bits per heavy atom. The first-order valence-electron chi connectivity index (χ1n) is 6.62. The minimum atomic E-state index is -0.318. The van der Waals surface area contributed by atoms with Crippen molar-refractivity contribution in [2.45, 2.75) is 27.3 Å². The fourth-order valence-electron chi connectivity index (χ4n) is 1.83. The summed E-state index contributed by atoms with van der Waals surface area (Å²) in [6, 6.07) is 1.52. The normalized spacial score (nSPS) is 10.5. The largest absolute Gasteiger partial charge is 0.345 e. The lowest BCUT2D eigenvalue weighted by Gasteiger charge is -2.22. The molecule has 0 saturated carbocycles. The number of halogens is 1. The molecule has 4 heteroatoms. The van der Waals surface area contributed by atoms with Gasteiger partial charge in [0.1, 0.15) is 11.6 Å². The number of nitrogens with one attached hydrogen (secondary N) is 1. The summed E-state index contributed by atoms with van der Waals surface area (Å²) in [5.41, 5.74) is 0.845. The highest BCUT2D eigenvalue weighted by molar-refractivity contribution is 5.47. The van der Waals surface area contributed by atoms with Crippen molar-refractivity contribution in [1.82, 2.24) is 10.3 Å². The standard InChI is InChI=1S/C15H22FN3/c1-5-7-19(6-2)15-13(8-14(16)11-18-15)10-17-9-12(3)4/h1,8,11-12,17H,6-7,9-10H2,2-4H3. The van der Waals surface area contributed by atoms with Gasteiger partial charge in [0, 0.05) is 18.7 Å². The van der Waals surface area contributed by atoms with Crippen molar-refractivity contribution in [1.29, 1.82) is 0 Å². The summed E-state index contributed by atoms with van der Waals surface area (Å²) < 4.78 is 13.3. The Kier molecular flexibility index (Phi) is 6.31. The number of anilines is 1. The molecule has 0 bridgehead atoms. The maximum absolute atomic E-state index is 13.3. The summed E-state index contributed by atoms with van der Waals surface area (Å²) >= 11 is 0. The molecular formula is C15H22FN3. The van der Waals surface area contributed by atoms with E-state index in [0.717, 1.165) is 24.5 Å². The first-order valence-corrected chi connectivity index (χ1v) is 6.62. The van der Waals surface area contributed by atoms with Crippen LogP contribution in [0, 0.1) is 24.1 Å². The van der Waals surface area contributed by atoms with Crippen molar-refractivity contribution >= 4 is 5.82 Å². The molecule has 1 rings (SSSR count). The summed E-state index contributed by atoms with van der Waals surface area (Å²) in [5.74, 6) is 3.60. The number of pyridine rings is 1. The van der Waals surface area contributed by atoms with E-state index < -0.39 is 0 Å². The molecule has 0 fully saturated rings. The van der Waals surface area contributed by atoms with Gasteiger partial charge in [-0.1, -0.05) is 19.8 Å². The molecule has 0 radical (unpaired) electrons. The maximum atomic E-state index is 13.3. The van der Waals surface area contributed by atoms with Crippen molar-refractivity contribution in [2.24, 2.45) is 5.92 Å². The SMILES string of the molecule is C#CCN(CC)c1ncc(F)cc1CNCC(C)C. The Bertz CT molecular complexity index is 438. The van der Waals surface area contributed by atoms with Crippen LogP contribution >= 0.6 is 0 Å². The highest BCUT2D eigenvalue weighted by Gasteiger charge is 2.11. The lowest BCUT2D eigenvalue weighted by atomic mass is 10.2. The second-order valence-corrected chi connectivity index (χ2v) is 4.88.